The third kappa shape index (κ3) is 2.72. The molecular formula is C9H19FN2. The molecule has 0 aromatic heterocycles. The molecule has 1 aliphatic rings. The molecule has 0 aromatic rings. The van der Waals surface area contributed by atoms with Crippen LogP contribution in [0.4, 0.5) is 4.39 Å². The molecule has 1 atom stereocenters. The van der Waals surface area contributed by atoms with Crippen LogP contribution < -0.4 is 11.1 Å². The van der Waals surface area contributed by atoms with Crippen LogP contribution in [0.5, 0.6) is 0 Å². The van der Waals surface area contributed by atoms with Crippen molar-refractivity contribution in [1.29, 1.82) is 0 Å². The Kier molecular flexibility index (Phi) is 4.54. The molecule has 12 heavy (non-hydrogen) atoms. The molecule has 1 heterocycles. The molecule has 1 aliphatic heterocycles. The van der Waals surface area contributed by atoms with Gasteiger partial charge in [-0.25, -0.2) is 0 Å². The lowest BCUT2D eigenvalue weighted by atomic mass is 9.84. The van der Waals surface area contributed by atoms with Crippen LogP contribution in [0.15, 0.2) is 0 Å². The van der Waals surface area contributed by atoms with Gasteiger partial charge in [0, 0.05) is 0 Å². The lowest BCUT2D eigenvalue weighted by molar-refractivity contribution is 0.205. The number of piperidine rings is 1. The fourth-order valence-electron chi connectivity index (χ4n) is 1.97. The van der Waals surface area contributed by atoms with Crippen molar-refractivity contribution in [1.82, 2.24) is 5.32 Å². The van der Waals surface area contributed by atoms with E-state index in [2.05, 4.69) is 5.32 Å². The van der Waals surface area contributed by atoms with E-state index < -0.39 is 0 Å². The van der Waals surface area contributed by atoms with Gasteiger partial charge < -0.3 is 11.1 Å². The first-order valence-electron chi connectivity index (χ1n) is 4.85. The molecule has 0 amide bonds. The first kappa shape index (κ1) is 9.93. The average molecular weight is 174 g/mol. The van der Waals surface area contributed by atoms with Crippen molar-refractivity contribution in [2.24, 2.45) is 17.6 Å². The second kappa shape index (κ2) is 5.49. The van der Waals surface area contributed by atoms with Gasteiger partial charge in [0.2, 0.25) is 0 Å². The number of halogens is 1. The summed E-state index contributed by atoms with van der Waals surface area (Å²) in [6.45, 7) is 2.53. The summed E-state index contributed by atoms with van der Waals surface area (Å²) in [4.78, 5) is 0. The van der Waals surface area contributed by atoms with Crippen molar-refractivity contribution < 1.29 is 4.39 Å². The molecule has 1 saturated heterocycles. The van der Waals surface area contributed by atoms with Crippen molar-refractivity contribution in [2.45, 2.75) is 19.3 Å². The van der Waals surface area contributed by atoms with E-state index in [1.165, 1.54) is 0 Å². The minimum Gasteiger partial charge on any atom is -0.330 e. The Morgan fingerprint density at radius 1 is 1.42 bits per heavy atom. The molecule has 0 aromatic carbocycles. The summed E-state index contributed by atoms with van der Waals surface area (Å²) in [7, 11) is 0. The molecule has 3 heteroatoms. The van der Waals surface area contributed by atoms with E-state index in [4.69, 9.17) is 5.73 Å². The smallest absolute Gasteiger partial charge is 0.0925 e. The molecule has 0 spiro atoms. The van der Waals surface area contributed by atoms with E-state index in [1.54, 1.807) is 0 Å². The number of alkyl halides is 1. The summed E-state index contributed by atoms with van der Waals surface area (Å²) < 4.78 is 12.6. The number of nitrogens with one attached hydrogen (secondary N) is 1. The second-order valence-corrected chi connectivity index (χ2v) is 3.58. The highest BCUT2D eigenvalue weighted by atomic mass is 19.1. The van der Waals surface area contributed by atoms with Crippen LogP contribution in [-0.2, 0) is 0 Å². The van der Waals surface area contributed by atoms with Gasteiger partial charge in [0.15, 0.2) is 0 Å². The molecular weight excluding hydrogens is 155 g/mol. The number of nitrogens with two attached hydrogens (primary N) is 1. The fourth-order valence-corrected chi connectivity index (χ4v) is 1.97. The number of hydrogen-bond acceptors (Lipinski definition) is 2. The van der Waals surface area contributed by atoms with E-state index in [9.17, 15) is 4.39 Å². The quantitative estimate of drug-likeness (QED) is 0.665. The Morgan fingerprint density at radius 3 is 2.58 bits per heavy atom. The summed E-state index contributed by atoms with van der Waals surface area (Å²) in [6, 6.07) is 0. The summed E-state index contributed by atoms with van der Waals surface area (Å²) >= 11 is 0. The lowest BCUT2D eigenvalue weighted by Crippen LogP contribution is -2.33. The predicted molar refractivity (Wildman–Crippen MR) is 48.7 cm³/mol. The summed E-state index contributed by atoms with van der Waals surface area (Å²) in [5.41, 5.74) is 5.43. The van der Waals surface area contributed by atoms with E-state index in [0.29, 0.717) is 12.5 Å². The molecule has 2 nitrogen and oxygen atoms in total. The molecule has 1 fully saturated rings. The van der Waals surface area contributed by atoms with Crippen molar-refractivity contribution in [2.75, 3.05) is 26.3 Å². The van der Waals surface area contributed by atoms with Crippen molar-refractivity contribution in [3.63, 3.8) is 0 Å². The predicted octanol–water partition coefficient (Wildman–Crippen LogP) is 0.921. The van der Waals surface area contributed by atoms with Gasteiger partial charge in [-0.15, -0.1) is 0 Å². The molecule has 1 unspecified atom stereocenters. The maximum atomic E-state index is 12.6. The molecule has 1 rings (SSSR count). The highest BCUT2D eigenvalue weighted by molar-refractivity contribution is 4.75. The van der Waals surface area contributed by atoms with Crippen molar-refractivity contribution >= 4 is 0 Å². The Balaban J connectivity index is 2.29. The minimum atomic E-state index is -0.193. The van der Waals surface area contributed by atoms with Gasteiger partial charge in [0.25, 0.3) is 0 Å². The van der Waals surface area contributed by atoms with Crippen LogP contribution in [0.1, 0.15) is 19.3 Å². The van der Waals surface area contributed by atoms with E-state index in [-0.39, 0.29) is 12.6 Å². The van der Waals surface area contributed by atoms with E-state index in [0.717, 1.165) is 32.4 Å². The zero-order valence-corrected chi connectivity index (χ0v) is 7.56. The van der Waals surface area contributed by atoms with Crippen molar-refractivity contribution in [3.05, 3.63) is 0 Å². The van der Waals surface area contributed by atoms with Crippen LogP contribution >= 0.6 is 0 Å². The monoisotopic (exact) mass is 174 g/mol. The highest BCUT2D eigenvalue weighted by Crippen LogP contribution is 2.24. The molecule has 0 saturated carbocycles. The van der Waals surface area contributed by atoms with Gasteiger partial charge in [0.05, 0.1) is 6.67 Å². The van der Waals surface area contributed by atoms with Crippen molar-refractivity contribution in [3.8, 4) is 0 Å². The average Bonchev–Trinajstić information content (AvgIpc) is 2.15. The molecule has 0 radical (unpaired) electrons. The maximum Gasteiger partial charge on any atom is 0.0925 e. The minimum absolute atomic E-state index is 0.193. The fraction of sp³-hybridized carbons (Fsp3) is 1.00. The van der Waals surface area contributed by atoms with Gasteiger partial charge in [-0.1, -0.05) is 0 Å². The molecule has 3 N–H and O–H groups in total. The largest absolute Gasteiger partial charge is 0.330 e. The zero-order chi connectivity index (χ0) is 8.81. The van der Waals surface area contributed by atoms with Crippen LogP contribution in [-0.4, -0.2) is 26.3 Å². The van der Waals surface area contributed by atoms with Gasteiger partial charge in [-0.2, -0.15) is 0 Å². The Morgan fingerprint density at radius 2 is 2.08 bits per heavy atom. The van der Waals surface area contributed by atoms with Crippen LogP contribution in [0.3, 0.4) is 0 Å². The topological polar surface area (TPSA) is 38.0 Å². The standard InChI is InChI=1S/C9H19FN2/c10-7-9(1-4-11)8-2-5-12-6-3-8/h8-9,12H,1-7,11H2. The number of rotatable bonds is 4. The third-order valence-electron chi connectivity index (χ3n) is 2.79. The van der Waals surface area contributed by atoms with Crippen LogP contribution in [0.25, 0.3) is 0 Å². The Hall–Kier alpha value is -0.150. The Bertz CT molecular complexity index is 110. The van der Waals surface area contributed by atoms with Crippen LogP contribution in [0, 0.1) is 11.8 Å². The van der Waals surface area contributed by atoms with Gasteiger partial charge in [-0.05, 0) is 50.7 Å². The molecule has 0 bridgehead atoms. The lowest BCUT2D eigenvalue weighted by Gasteiger charge is -2.28. The van der Waals surface area contributed by atoms with Gasteiger partial charge in [0.1, 0.15) is 0 Å². The summed E-state index contributed by atoms with van der Waals surface area (Å²) in [5.74, 6) is 0.789. The van der Waals surface area contributed by atoms with Crippen LogP contribution in [0.2, 0.25) is 0 Å². The first-order valence-corrected chi connectivity index (χ1v) is 4.85. The number of hydrogen-bond donors (Lipinski definition) is 2. The van der Waals surface area contributed by atoms with E-state index in [1.807, 2.05) is 0 Å². The zero-order valence-electron chi connectivity index (χ0n) is 7.56. The van der Waals surface area contributed by atoms with E-state index >= 15 is 0 Å². The Labute approximate surface area is 73.7 Å². The second-order valence-electron chi connectivity index (χ2n) is 3.58. The van der Waals surface area contributed by atoms with Gasteiger partial charge >= 0.3 is 0 Å². The molecule has 72 valence electrons. The SMILES string of the molecule is NCCC(CF)C1CCNCC1. The highest BCUT2D eigenvalue weighted by Gasteiger charge is 2.22. The van der Waals surface area contributed by atoms with Gasteiger partial charge in [-0.3, -0.25) is 4.39 Å². The molecule has 0 aliphatic carbocycles. The normalized spacial score (nSPS) is 22.5. The third-order valence-corrected chi connectivity index (χ3v) is 2.79. The first-order chi connectivity index (χ1) is 5.88. The maximum absolute atomic E-state index is 12.6. The summed E-state index contributed by atoms with van der Waals surface area (Å²) in [5, 5.41) is 3.28. The summed E-state index contributed by atoms with van der Waals surface area (Å²) in [6.07, 6.45) is 3.09.